The van der Waals surface area contributed by atoms with E-state index in [2.05, 4.69) is 72.4 Å². The van der Waals surface area contributed by atoms with Crippen molar-refractivity contribution < 1.29 is 9.30 Å². The fraction of sp³-hybridized carbons (Fsp3) is 0.150. The zero-order chi connectivity index (χ0) is 15.4. The van der Waals surface area contributed by atoms with Crippen molar-refractivity contribution in [1.82, 2.24) is 0 Å². The highest BCUT2D eigenvalue weighted by molar-refractivity contribution is 5.34. The summed E-state index contributed by atoms with van der Waals surface area (Å²) in [5, 5.41) is 0. The fourth-order valence-corrected chi connectivity index (χ4v) is 2.64. The van der Waals surface area contributed by atoms with Gasteiger partial charge in [-0.2, -0.15) is 4.57 Å². The Labute approximate surface area is 131 Å². The predicted octanol–water partition coefficient (Wildman–Crippen LogP) is 3.93. The topological polar surface area (TPSA) is 13.1 Å². The molecule has 3 aromatic rings. The van der Waals surface area contributed by atoms with Crippen LogP contribution in [-0.4, -0.2) is 7.11 Å². The van der Waals surface area contributed by atoms with Crippen LogP contribution >= 0.6 is 0 Å². The average molecular weight is 290 g/mol. The Kier molecular flexibility index (Phi) is 4.19. The number of ether oxygens (including phenoxy) is 1. The zero-order valence-corrected chi connectivity index (χ0v) is 12.9. The van der Waals surface area contributed by atoms with Gasteiger partial charge in [-0.15, -0.1) is 0 Å². The van der Waals surface area contributed by atoms with Crippen molar-refractivity contribution in [3.05, 3.63) is 95.8 Å². The summed E-state index contributed by atoms with van der Waals surface area (Å²) in [5.74, 6) is 0.879. The van der Waals surface area contributed by atoms with Crippen LogP contribution in [0.15, 0.2) is 79.1 Å². The van der Waals surface area contributed by atoms with Crippen molar-refractivity contribution in [2.75, 3.05) is 7.11 Å². The second-order valence-electron chi connectivity index (χ2n) is 5.41. The molecule has 3 rings (SSSR count). The van der Waals surface area contributed by atoms with E-state index in [1.165, 1.54) is 16.7 Å². The van der Waals surface area contributed by atoms with Gasteiger partial charge in [0.25, 0.3) is 0 Å². The van der Waals surface area contributed by atoms with Crippen molar-refractivity contribution in [2.45, 2.75) is 13.0 Å². The quantitative estimate of drug-likeness (QED) is 0.664. The molecule has 0 saturated heterocycles. The number of rotatable bonds is 4. The Morgan fingerprint density at radius 1 is 0.773 bits per heavy atom. The van der Waals surface area contributed by atoms with E-state index in [9.17, 15) is 0 Å². The minimum absolute atomic E-state index is 0.160. The second kappa shape index (κ2) is 6.44. The number of aromatic nitrogens is 1. The smallest absolute Gasteiger partial charge is 0.208 e. The monoisotopic (exact) mass is 290 g/mol. The number of nitrogens with zero attached hydrogens (tertiary/aromatic N) is 1. The van der Waals surface area contributed by atoms with Gasteiger partial charge >= 0.3 is 0 Å². The first kappa shape index (κ1) is 14.3. The number of hydrogen-bond acceptors (Lipinski definition) is 1. The van der Waals surface area contributed by atoms with Crippen molar-refractivity contribution in [3.8, 4) is 5.75 Å². The molecule has 0 bridgehead atoms. The summed E-state index contributed by atoms with van der Waals surface area (Å²) in [6.45, 7) is 2.11. The van der Waals surface area contributed by atoms with Gasteiger partial charge in [0.2, 0.25) is 6.04 Å². The second-order valence-corrected chi connectivity index (χ2v) is 5.41. The van der Waals surface area contributed by atoms with E-state index in [-0.39, 0.29) is 6.04 Å². The van der Waals surface area contributed by atoms with Crippen LogP contribution in [0, 0.1) is 6.92 Å². The Morgan fingerprint density at radius 2 is 1.36 bits per heavy atom. The Hall–Kier alpha value is -2.61. The maximum absolute atomic E-state index is 5.27. The van der Waals surface area contributed by atoms with Gasteiger partial charge in [-0.1, -0.05) is 30.3 Å². The Bertz CT molecular complexity index is 718. The highest BCUT2D eigenvalue weighted by atomic mass is 16.5. The SMILES string of the molecule is COc1ccc(C(c2ccccc2)[n+]2ccc(C)cc2)cc1. The summed E-state index contributed by atoms with van der Waals surface area (Å²) in [7, 11) is 1.69. The van der Waals surface area contributed by atoms with Gasteiger partial charge in [-0.05, 0) is 36.8 Å². The number of hydrogen-bond donors (Lipinski definition) is 0. The van der Waals surface area contributed by atoms with Gasteiger partial charge < -0.3 is 4.74 Å². The first-order valence-electron chi connectivity index (χ1n) is 7.44. The van der Waals surface area contributed by atoms with Crippen molar-refractivity contribution in [3.63, 3.8) is 0 Å². The maximum Gasteiger partial charge on any atom is 0.208 e. The molecule has 0 N–H and O–H groups in total. The molecule has 0 saturated carbocycles. The molecule has 0 amide bonds. The Morgan fingerprint density at radius 3 is 1.95 bits per heavy atom. The maximum atomic E-state index is 5.27. The number of aryl methyl sites for hydroxylation is 1. The van der Waals surface area contributed by atoms with E-state index in [0.717, 1.165) is 5.75 Å². The van der Waals surface area contributed by atoms with Crippen molar-refractivity contribution in [1.29, 1.82) is 0 Å². The lowest BCUT2D eigenvalue weighted by molar-refractivity contribution is -0.704. The van der Waals surface area contributed by atoms with E-state index in [0.29, 0.717) is 0 Å². The first-order valence-corrected chi connectivity index (χ1v) is 7.44. The molecule has 0 aliphatic carbocycles. The van der Waals surface area contributed by atoms with Gasteiger partial charge in [-0.3, -0.25) is 0 Å². The number of methoxy groups -OCH3 is 1. The number of pyridine rings is 1. The molecule has 0 fully saturated rings. The van der Waals surface area contributed by atoms with Crippen molar-refractivity contribution in [2.24, 2.45) is 0 Å². The van der Waals surface area contributed by atoms with Gasteiger partial charge in [0, 0.05) is 23.3 Å². The van der Waals surface area contributed by atoms with Crippen LogP contribution < -0.4 is 9.30 Å². The minimum atomic E-state index is 0.160. The molecule has 1 aromatic heterocycles. The minimum Gasteiger partial charge on any atom is -0.497 e. The molecule has 22 heavy (non-hydrogen) atoms. The van der Waals surface area contributed by atoms with Gasteiger partial charge in [0.15, 0.2) is 12.4 Å². The highest BCUT2D eigenvalue weighted by Crippen LogP contribution is 2.23. The van der Waals surface area contributed by atoms with Gasteiger partial charge in [0.1, 0.15) is 5.75 Å². The molecule has 0 radical (unpaired) electrons. The largest absolute Gasteiger partial charge is 0.497 e. The van der Waals surface area contributed by atoms with Crippen LogP contribution in [0.3, 0.4) is 0 Å². The van der Waals surface area contributed by atoms with E-state index in [1.54, 1.807) is 7.11 Å². The molecule has 1 atom stereocenters. The highest BCUT2D eigenvalue weighted by Gasteiger charge is 2.22. The third kappa shape index (κ3) is 3.01. The summed E-state index contributed by atoms with van der Waals surface area (Å²) in [6.07, 6.45) is 4.27. The summed E-state index contributed by atoms with van der Waals surface area (Å²) in [5.41, 5.74) is 3.76. The van der Waals surface area contributed by atoms with Crippen LogP contribution in [-0.2, 0) is 0 Å². The zero-order valence-electron chi connectivity index (χ0n) is 12.9. The molecule has 0 aliphatic heterocycles. The van der Waals surface area contributed by atoms with Crippen LogP contribution in [0.5, 0.6) is 5.75 Å². The van der Waals surface area contributed by atoms with E-state index in [1.807, 2.05) is 18.2 Å². The molecule has 1 heterocycles. The molecular formula is C20H20NO+. The Balaban J connectivity index is 2.07. The summed E-state index contributed by atoms with van der Waals surface area (Å²) >= 11 is 0. The molecule has 2 heteroatoms. The van der Waals surface area contributed by atoms with E-state index < -0.39 is 0 Å². The molecule has 2 aromatic carbocycles. The predicted molar refractivity (Wildman–Crippen MR) is 88.1 cm³/mol. The fourth-order valence-electron chi connectivity index (χ4n) is 2.64. The van der Waals surface area contributed by atoms with Crippen molar-refractivity contribution >= 4 is 0 Å². The van der Waals surface area contributed by atoms with Crippen LogP contribution in [0.2, 0.25) is 0 Å². The van der Waals surface area contributed by atoms with Gasteiger partial charge in [0.05, 0.1) is 7.11 Å². The molecule has 0 spiro atoms. The van der Waals surface area contributed by atoms with E-state index in [4.69, 9.17) is 4.74 Å². The molecule has 1 unspecified atom stereocenters. The van der Waals surface area contributed by atoms with Crippen LogP contribution in [0.4, 0.5) is 0 Å². The molecular weight excluding hydrogens is 270 g/mol. The third-order valence-electron chi connectivity index (χ3n) is 3.86. The standard InChI is InChI=1S/C20H20NO/c1-16-12-14-21(15-13-16)20(17-6-4-3-5-7-17)18-8-10-19(22-2)11-9-18/h3-15,20H,1-2H3/q+1. The lowest BCUT2D eigenvalue weighted by Crippen LogP contribution is -2.40. The summed E-state index contributed by atoms with van der Waals surface area (Å²) in [4.78, 5) is 0. The molecule has 0 aliphatic rings. The summed E-state index contributed by atoms with van der Waals surface area (Å²) < 4.78 is 7.51. The number of benzene rings is 2. The average Bonchev–Trinajstić information content (AvgIpc) is 2.58. The summed E-state index contributed by atoms with van der Waals surface area (Å²) in [6, 6.07) is 23.3. The normalized spacial score (nSPS) is 11.9. The molecule has 110 valence electrons. The third-order valence-corrected chi connectivity index (χ3v) is 3.86. The van der Waals surface area contributed by atoms with Gasteiger partial charge in [-0.25, -0.2) is 0 Å². The van der Waals surface area contributed by atoms with E-state index >= 15 is 0 Å². The lowest BCUT2D eigenvalue weighted by atomic mass is 9.98. The molecule has 2 nitrogen and oxygen atoms in total. The first-order chi connectivity index (χ1) is 10.8. The van der Waals surface area contributed by atoms with Crippen LogP contribution in [0.1, 0.15) is 22.7 Å². The lowest BCUT2D eigenvalue weighted by Gasteiger charge is -2.14. The van der Waals surface area contributed by atoms with Crippen LogP contribution in [0.25, 0.3) is 0 Å².